The molecule has 5 heteroatoms. The molecule has 0 unspecified atom stereocenters. The summed E-state index contributed by atoms with van der Waals surface area (Å²) in [4.78, 5) is 3.96. The minimum Gasteiger partial charge on any atom is -0.258 e. The number of rotatable bonds is 3. The van der Waals surface area contributed by atoms with Crippen molar-refractivity contribution >= 4 is 11.0 Å². The van der Waals surface area contributed by atoms with Crippen LogP contribution in [0.5, 0.6) is 0 Å². The monoisotopic (exact) mass is 258 g/mol. The van der Waals surface area contributed by atoms with Crippen molar-refractivity contribution < 1.29 is 8.60 Å². The lowest BCUT2D eigenvalue weighted by Crippen LogP contribution is -2.34. The summed E-state index contributed by atoms with van der Waals surface area (Å²) < 4.78 is 27.8. The molecule has 0 aliphatic carbocycles. The molecule has 17 heavy (non-hydrogen) atoms. The lowest BCUT2D eigenvalue weighted by molar-refractivity contribution is 0.593. The van der Waals surface area contributed by atoms with Crippen molar-refractivity contribution in [3.8, 4) is 0 Å². The first-order valence-electron chi connectivity index (χ1n) is 5.52. The van der Waals surface area contributed by atoms with Gasteiger partial charge in [-0.25, -0.2) is 13.3 Å². The van der Waals surface area contributed by atoms with Crippen LogP contribution >= 0.6 is 0 Å². The van der Waals surface area contributed by atoms with Crippen LogP contribution in [0.4, 0.5) is 4.39 Å². The summed E-state index contributed by atoms with van der Waals surface area (Å²) in [7, 11) is -1.18. The molecule has 0 aliphatic heterocycles. The van der Waals surface area contributed by atoms with Gasteiger partial charge in [0.05, 0.1) is 21.4 Å². The number of halogens is 1. The van der Waals surface area contributed by atoms with E-state index in [0.717, 1.165) is 0 Å². The standard InChI is InChI=1S/C12H19FN2OS/c1-8(15-17(16)12(3,4)5)10-6-11(13)9(2)14-7-10/h6-8,15H,1-5H3/t8-,17+/m0/s1. The number of hydrogen-bond acceptors (Lipinski definition) is 2. The molecule has 0 aromatic carbocycles. The minimum atomic E-state index is -1.18. The number of hydrogen-bond donors (Lipinski definition) is 1. The molecule has 0 saturated carbocycles. The zero-order chi connectivity index (χ0) is 13.2. The van der Waals surface area contributed by atoms with Crippen molar-refractivity contribution in [3.05, 3.63) is 29.3 Å². The number of aromatic nitrogens is 1. The van der Waals surface area contributed by atoms with Gasteiger partial charge >= 0.3 is 0 Å². The van der Waals surface area contributed by atoms with E-state index in [9.17, 15) is 8.60 Å². The molecule has 0 fully saturated rings. The lowest BCUT2D eigenvalue weighted by atomic mass is 10.1. The predicted octanol–water partition coefficient (Wildman–Crippen LogP) is 2.64. The molecule has 2 atom stereocenters. The lowest BCUT2D eigenvalue weighted by Gasteiger charge is -2.22. The maximum Gasteiger partial charge on any atom is 0.144 e. The summed E-state index contributed by atoms with van der Waals surface area (Å²) >= 11 is 0. The summed E-state index contributed by atoms with van der Waals surface area (Å²) in [5.74, 6) is -0.335. The van der Waals surface area contributed by atoms with E-state index in [-0.39, 0.29) is 16.6 Å². The highest BCUT2D eigenvalue weighted by molar-refractivity contribution is 7.84. The molecule has 0 radical (unpaired) electrons. The topological polar surface area (TPSA) is 42.0 Å². The van der Waals surface area contributed by atoms with E-state index in [1.165, 1.54) is 6.07 Å². The number of aryl methyl sites for hydroxylation is 1. The van der Waals surface area contributed by atoms with E-state index in [4.69, 9.17) is 0 Å². The smallest absolute Gasteiger partial charge is 0.144 e. The number of pyridine rings is 1. The molecule has 3 nitrogen and oxygen atoms in total. The van der Waals surface area contributed by atoms with Gasteiger partial charge in [-0.15, -0.1) is 0 Å². The Hall–Kier alpha value is -0.810. The van der Waals surface area contributed by atoms with Crippen molar-refractivity contribution in [1.29, 1.82) is 0 Å². The van der Waals surface area contributed by atoms with Gasteiger partial charge in [-0.2, -0.15) is 0 Å². The highest BCUT2D eigenvalue weighted by Crippen LogP contribution is 2.17. The summed E-state index contributed by atoms with van der Waals surface area (Å²) in [6, 6.07) is 1.23. The average molecular weight is 258 g/mol. The molecule has 1 heterocycles. The summed E-state index contributed by atoms with van der Waals surface area (Å²) in [5, 5.41) is 0. The molecule has 0 saturated heterocycles. The Bertz CT molecular complexity index is 429. The second-order valence-electron chi connectivity index (χ2n) is 5.06. The summed E-state index contributed by atoms with van der Waals surface area (Å²) in [5.41, 5.74) is 1.07. The van der Waals surface area contributed by atoms with Gasteiger partial charge in [0.2, 0.25) is 0 Å². The van der Waals surface area contributed by atoms with Gasteiger partial charge < -0.3 is 0 Å². The van der Waals surface area contributed by atoms with E-state index in [2.05, 4.69) is 9.71 Å². The quantitative estimate of drug-likeness (QED) is 0.905. The van der Waals surface area contributed by atoms with Crippen LogP contribution < -0.4 is 4.72 Å². The zero-order valence-electron chi connectivity index (χ0n) is 10.9. The van der Waals surface area contributed by atoms with Crippen molar-refractivity contribution in [2.75, 3.05) is 0 Å². The van der Waals surface area contributed by atoms with Crippen LogP contribution in [0.3, 0.4) is 0 Å². The van der Waals surface area contributed by atoms with Crippen LogP contribution in [-0.2, 0) is 11.0 Å². The van der Waals surface area contributed by atoms with Crippen LogP contribution in [0.25, 0.3) is 0 Å². The van der Waals surface area contributed by atoms with Gasteiger partial charge in [-0.05, 0) is 46.2 Å². The van der Waals surface area contributed by atoms with E-state index >= 15 is 0 Å². The first-order chi connectivity index (χ1) is 7.71. The van der Waals surface area contributed by atoms with Crippen LogP contribution in [0, 0.1) is 12.7 Å². The molecule has 1 rings (SSSR count). The van der Waals surface area contributed by atoms with Crippen molar-refractivity contribution in [2.24, 2.45) is 0 Å². The maximum absolute atomic E-state index is 13.3. The third-order valence-electron chi connectivity index (χ3n) is 2.39. The van der Waals surface area contributed by atoms with Crippen molar-refractivity contribution in [3.63, 3.8) is 0 Å². The molecular formula is C12H19FN2OS. The van der Waals surface area contributed by atoms with E-state index in [0.29, 0.717) is 11.3 Å². The molecule has 0 amide bonds. The number of nitrogens with zero attached hydrogens (tertiary/aromatic N) is 1. The number of nitrogens with one attached hydrogen (secondary N) is 1. The Morgan fingerprint density at radius 3 is 2.53 bits per heavy atom. The molecule has 0 aliphatic rings. The molecule has 1 N–H and O–H groups in total. The third-order valence-corrected chi connectivity index (χ3v) is 4.07. The third kappa shape index (κ3) is 3.85. The molecule has 96 valence electrons. The largest absolute Gasteiger partial charge is 0.258 e. The molecule has 1 aromatic rings. The van der Waals surface area contributed by atoms with Gasteiger partial charge in [-0.1, -0.05) is 0 Å². The fourth-order valence-electron chi connectivity index (χ4n) is 1.16. The van der Waals surface area contributed by atoms with Gasteiger partial charge in [0.25, 0.3) is 0 Å². The van der Waals surface area contributed by atoms with Gasteiger partial charge in [-0.3, -0.25) is 4.98 Å². The average Bonchev–Trinajstić information content (AvgIpc) is 2.20. The molecule has 1 aromatic heterocycles. The molecule has 0 spiro atoms. The summed E-state index contributed by atoms with van der Waals surface area (Å²) in [6.45, 7) is 9.12. The van der Waals surface area contributed by atoms with E-state index in [1.807, 2.05) is 27.7 Å². The van der Waals surface area contributed by atoms with Crippen molar-refractivity contribution in [1.82, 2.24) is 9.71 Å². The Morgan fingerprint density at radius 2 is 2.06 bits per heavy atom. The Morgan fingerprint density at radius 1 is 1.47 bits per heavy atom. The first kappa shape index (κ1) is 14.3. The fraction of sp³-hybridized carbons (Fsp3) is 0.583. The second-order valence-corrected chi connectivity index (χ2v) is 7.05. The van der Waals surface area contributed by atoms with Crippen molar-refractivity contribution in [2.45, 2.75) is 45.4 Å². The Balaban J connectivity index is 2.80. The summed E-state index contributed by atoms with van der Waals surface area (Å²) in [6.07, 6.45) is 1.61. The molecule has 0 bridgehead atoms. The van der Waals surface area contributed by atoms with Crippen LogP contribution in [0.2, 0.25) is 0 Å². The Labute approximate surface area is 104 Å². The Kier molecular flexibility index (Phi) is 4.38. The van der Waals surface area contributed by atoms with Crippen LogP contribution in [0.15, 0.2) is 12.3 Å². The SMILES string of the molecule is Cc1ncc([C@H](C)N[S@](=O)C(C)(C)C)cc1F. The highest BCUT2D eigenvalue weighted by atomic mass is 32.2. The minimum absolute atomic E-state index is 0.197. The highest BCUT2D eigenvalue weighted by Gasteiger charge is 2.22. The van der Waals surface area contributed by atoms with Crippen LogP contribution in [-0.4, -0.2) is 13.9 Å². The maximum atomic E-state index is 13.3. The predicted molar refractivity (Wildman–Crippen MR) is 68.4 cm³/mol. The zero-order valence-corrected chi connectivity index (χ0v) is 11.7. The molecular weight excluding hydrogens is 239 g/mol. The van der Waals surface area contributed by atoms with Gasteiger partial charge in [0.1, 0.15) is 5.82 Å². The van der Waals surface area contributed by atoms with Crippen LogP contribution in [0.1, 0.15) is 45.0 Å². The van der Waals surface area contributed by atoms with Gasteiger partial charge in [0, 0.05) is 12.2 Å². The van der Waals surface area contributed by atoms with Gasteiger partial charge in [0.15, 0.2) is 0 Å². The first-order valence-corrected chi connectivity index (χ1v) is 6.67. The second kappa shape index (κ2) is 5.23. The fourth-order valence-corrected chi connectivity index (χ4v) is 1.97. The van der Waals surface area contributed by atoms with E-state index in [1.54, 1.807) is 13.1 Å². The normalized spacial score (nSPS) is 15.6. The van der Waals surface area contributed by atoms with E-state index < -0.39 is 11.0 Å².